The van der Waals surface area contributed by atoms with E-state index in [0.717, 1.165) is 16.4 Å². The van der Waals surface area contributed by atoms with Gasteiger partial charge < -0.3 is 5.11 Å². The van der Waals surface area contributed by atoms with E-state index in [1.54, 1.807) is 19.2 Å². The first kappa shape index (κ1) is 24.1. The molecule has 2 aromatic heterocycles. The molecule has 11 nitrogen and oxygen atoms in total. The number of hydrogen-bond donors (Lipinski definition) is 1. The van der Waals surface area contributed by atoms with Gasteiger partial charge in [-0.2, -0.15) is 4.31 Å². The first-order valence-electron chi connectivity index (χ1n) is 10.5. The lowest BCUT2D eigenvalue weighted by Gasteiger charge is -2.32. The minimum atomic E-state index is -4.08. The minimum absolute atomic E-state index is 0.0645. The molecule has 0 aliphatic carbocycles. The molecule has 1 aliphatic rings. The molecule has 0 spiro atoms. The van der Waals surface area contributed by atoms with Crippen molar-refractivity contribution >= 4 is 37.0 Å². The van der Waals surface area contributed by atoms with Crippen molar-refractivity contribution in [1.82, 2.24) is 18.4 Å². The van der Waals surface area contributed by atoms with E-state index in [0.29, 0.717) is 11.2 Å². The van der Waals surface area contributed by atoms with Crippen LogP contribution in [0.15, 0.2) is 51.1 Å². The first-order valence-corrected chi connectivity index (χ1v) is 13.8. The van der Waals surface area contributed by atoms with Crippen molar-refractivity contribution in [3.63, 3.8) is 0 Å². The highest BCUT2D eigenvalue weighted by Gasteiger charge is 2.34. The fourth-order valence-corrected chi connectivity index (χ4v) is 7.39. The number of benzene rings is 1. The number of carboxylic acid groups (broad SMARTS) is 1. The van der Waals surface area contributed by atoms with E-state index in [2.05, 4.69) is 4.98 Å². The Morgan fingerprint density at radius 3 is 2.32 bits per heavy atom. The van der Waals surface area contributed by atoms with Gasteiger partial charge >= 0.3 is 11.7 Å². The van der Waals surface area contributed by atoms with Crippen molar-refractivity contribution in [3.05, 3.63) is 52.6 Å². The number of aryl methyl sites for hydroxylation is 1. The molecule has 1 N–H and O–H groups in total. The van der Waals surface area contributed by atoms with Gasteiger partial charge in [-0.15, -0.1) is 0 Å². The maximum atomic E-state index is 13.3. The highest BCUT2D eigenvalue weighted by molar-refractivity contribution is 7.93. The number of aliphatic carboxylic acids is 1. The normalized spacial score (nSPS) is 16.2. The number of hydrogen-bond acceptors (Lipinski definition) is 7. The standard InChI is InChI=1S/C21H24N4O7S2/c1-14-11-16-20(22-12-14)25(21(28)24(16)13-19(26)27)15-7-9-23(10-8-15)34(31,32)18-6-4-3-5-17(18)33(2,29)30/h3-6,11-12,15H,7-10,13H2,1-2H3,(H,26,27). The smallest absolute Gasteiger partial charge is 0.331 e. The number of aromatic nitrogens is 3. The predicted molar refractivity (Wildman–Crippen MR) is 123 cm³/mol. The van der Waals surface area contributed by atoms with E-state index in [-0.39, 0.29) is 35.7 Å². The molecule has 1 fully saturated rings. The summed E-state index contributed by atoms with van der Waals surface area (Å²) >= 11 is 0. The Bertz CT molecular complexity index is 1550. The molecule has 1 aliphatic heterocycles. The Hall–Kier alpha value is -3.03. The number of rotatable bonds is 6. The Morgan fingerprint density at radius 1 is 1.12 bits per heavy atom. The van der Waals surface area contributed by atoms with Crippen LogP contribution in [0.25, 0.3) is 11.2 Å². The monoisotopic (exact) mass is 508 g/mol. The summed E-state index contributed by atoms with van der Waals surface area (Å²) in [4.78, 5) is 28.2. The average Bonchev–Trinajstić information content (AvgIpc) is 3.03. The third-order valence-electron chi connectivity index (χ3n) is 5.89. The van der Waals surface area contributed by atoms with Gasteiger partial charge in [-0.25, -0.2) is 26.6 Å². The van der Waals surface area contributed by atoms with Gasteiger partial charge in [0.25, 0.3) is 0 Å². The van der Waals surface area contributed by atoms with Crippen LogP contribution in [0.4, 0.5) is 0 Å². The number of nitrogens with zero attached hydrogens (tertiary/aromatic N) is 4. The summed E-state index contributed by atoms with van der Waals surface area (Å²) in [5.74, 6) is -1.16. The zero-order valence-electron chi connectivity index (χ0n) is 18.6. The molecular formula is C21H24N4O7S2. The van der Waals surface area contributed by atoms with Crippen molar-refractivity contribution < 1.29 is 26.7 Å². The summed E-state index contributed by atoms with van der Waals surface area (Å²) in [5, 5.41) is 9.25. The minimum Gasteiger partial charge on any atom is -0.480 e. The number of piperidine rings is 1. The maximum Gasteiger partial charge on any atom is 0.331 e. The molecule has 13 heteroatoms. The number of carbonyl (C=O) groups is 1. The van der Waals surface area contributed by atoms with Crippen molar-refractivity contribution in [2.45, 2.75) is 42.1 Å². The second-order valence-corrected chi connectivity index (χ2v) is 12.2. The van der Waals surface area contributed by atoms with E-state index in [1.807, 2.05) is 0 Å². The fraction of sp³-hybridized carbons (Fsp3) is 0.381. The summed E-state index contributed by atoms with van der Waals surface area (Å²) in [6.45, 7) is 1.41. The first-order chi connectivity index (χ1) is 15.9. The second-order valence-electron chi connectivity index (χ2n) is 8.34. The SMILES string of the molecule is Cc1cnc2c(c1)n(CC(=O)O)c(=O)n2C1CCN(S(=O)(=O)c2ccccc2S(C)(=O)=O)CC1. The van der Waals surface area contributed by atoms with Gasteiger partial charge in [-0.3, -0.25) is 13.9 Å². The molecule has 3 heterocycles. The average molecular weight is 509 g/mol. The Morgan fingerprint density at radius 2 is 1.74 bits per heavy atom. The number of sulfone groups is 1. The van der Waals surface area contributed by atoms with Gasteiger partial charge in [0.15, 0.2) is 15.5 Å². The lowest BCUT2D eigenvalue weighted by molar-refractivity contribution is -0.137. The third kappa shape index (κ3) is 4.26. The molecule has 3 aromatic rings. The second kappa shape index (κ2) is 8.64. The van der Waals surface area contributed by atoms with Gasteiger partial charge in [0.1, 0.15) is 11.4 Å². The van der Waals surface area contributed by atoms with Crippen molar-refractivity contribution in [3.8, 4) is 0 Å². The quantitative estimate of drug-likeness (QED) is 0.519. The number of pyridine rings is 1. The van der Waals surface area contributed by atoms with Crippen LogP contribution in [-0.4, -0.2) is 65.7 Å². The molecule has 0 bridgehead atoms. The highest BCUT2D eigenvalue weighted by Crippen LogP contribution is 2.30. The highest BCUT2D eigenvalue weighted by atomic mass is 32.2. The zero-order valence-corrected chi connectivity index (χ0v) is 20.2. The topological polar surface area (TPSA) is 149 Å². The van der Waals surface area contributed by atoms with E-state index < -0.39 is 44.1 Å². The van der Waals surface area contributed by atoms with Crippen LogP contribution >= 0.6 is 0 Å². The number of fused-ring (bicyclic) bond motifs is 1. The molecule has 0 atom stereocenters. The molecule has 34 heavy (non-hydrogen) atoms. The number of imidazole rings is 1. The summed E-state index contributed by atoms with van der Waals surface area (Å²) in [6.07, 6.45) is 3.11. The van der Waals surface area contributed by atoms with E-state index in [4.69, 9.17) is 0 Å². The Labute approximate surface area is 196 Å². The fourth-order valence-electron chi connectivity index (χ4n) is 4.32. The van der Waals surface area contributed by atoms with Crippen LogP contribution in [0.3, 0.4) is 0 Å². The summed E-state index contributed by atoms with van der Waals surface area (Å²) < 4.78 is 54.5. The molecule has 0 saturated carbocycles. The molecule has 0 radical (unpaired) electrons. The van der Waals surface area contributed by atoms with Gasteiger partial charge in [0, 0.05) is 31.6 Å². The molecule has 182 valence electrons. The van der Waals surface area contributed by atoms with Crippen molar-refractivity contribution in [2.24, 2.45) is 0 Å². The van der Waals surface area contributed by atoms with Gasteiger partial charge in [-0.1, -0.05) is 12.1 Å². The van der Waals surface area contributed by atoms with E-state index >= 15 is 0 Å². The zero-order chi connectivity index (χ0) is 24.8. The summed E-state index contributed by atoms with van der Waals surface area (Å²) in [5.41, 5.74) is 1.01. The maximum absolute atomic E-state index is 13.3. The number of carboxylic acids is 1. The molecule has 0 amide bonds. The van der Waals surface area contributed by atoms with Gasteiger partial charge in [0.2, 0.25) is 10.0 Å². The van der Waals surface area contributed by atoms with Gasteiger partial charge in [-0.05, 0) is 43.5 Å². The number of sulfonamides is 1. The van der Waals surface area contributed by atoms with E-state index in [1.165, 1.54) is 33.1 Å². The lowest BCUT2D eigenvalue weighted by Crippen LogP contribution is -2.41. The van der Waals surface area contributed by atoms with Crippen LogP contribution in [-0.2, 0) is 31.2 Å². The Kier molecular flexibility index (Phi) is 6.12. The van der Waals surface area contributed by atoms with Crippen LogP contribution < -0.4 is 5.69 Å². The molecular weight excluding hydrogens is 484 g/mol. The largest absolute Gasteiger partial charge is 0.480 e. The van der Waals surface area contributed by atoms with Gasteiger partial charge in [0.05, 0.1) is 10.4 Å². The third-order valence-corrected chi connectivity index (χ3v) is 9.13. The van der Waals surface area contributed by atoms with Crippen LogP contribution in [0.5, 0.6) is 0 Å². The predicted octanol–water partition coefficient (Wildman–Crippen LogP) is 1.02. The molecule has 0 unspecified atom stereocenters. The van der Waals surface area contributed by atoms with Crippen molar-refractivity contribution in [1.29, 1.82) is 0 Å². The summed E-state index contributed by atoms with van der Waals surface area (Å²) in [7, 11) is -7.84. The van der Waals surface area contributed by atoms with Crippen LogP contribution in [0.1, 0.15) is 24.4 Å². The van der Waals surface area contributed by atoms with E-state index in [9.17, 15) is 31.5 Å². The molecule has 1 aromatic carbocycles. The van der Waals surface area contributed by atoms with Crippen molar-refractivity contribution in [2.75, 3.05) is 19.3 Å². The molecule has 1 saturated heterocycles. The molecule has 4 rings (SSSR count). The Balaban J connectivity index is 1.67. The summed E-state index contributed by atoms with van der Waals surface area (Å²) in [6, 6.07) is 6.78. The lowest BCUT2D eigenvalue weighted by atomic mass is 10.1. The van der Waals surface area contributed by atoms with Crippen LogP contribution in [0.2, 0.25) is 0 Å². The van der Waals surface area contributed by atoms with Crippen LogP contribution in [0, 0.1) is 6.92 Å².